The highest BCUT2D eigenvalue weighted by Gasteiger charge is 2.26. The fourth-order valence-corrected chi connectivity index (χ4v) is 4.19. The zero-order chi connectivity index (χ0) is 23.3. The number of amides is 1. The average molecular weight is 460 g/mol. The van der Waals surface area contributed by atoms with Crippen molar-refractivity contribution in [2.24, 2.45) is 0 Å². The molecule has 0 saturated heterocycles. The maximum atomic E-state index is 13.6. The lowest BCUT2D eigenvalue weighted by atomic mass is 9.96. The standard InChI is InChI=1S/C25H27F2NO3S/c1-4-32(30)21-12-5-17(6-13-21)15-24(29)28-19-8-10-20(11-9-19)31-25(2,3)18-7-14-22(26)23(27)16-18/h5-10,12-14,16,20H,4,11,15H2,1-3H3,(H,28,29). The number of halogens is 2. The van der Waals surface area contributed by atoms with Crippen LogP contribution in [0.3, 0.4) is 0 Å². The Bertz CT molecular complexity index is 1020. The second-order valence-electron chi connectivity index (χ2n) is 8.05. The van der Waals surface area contributed by atoms with Crippen molar-refractivity contribution in [2.45, 2.75) is 50.2 Å². The van der Waals surface area contributed by atoms with Crippen LogP contribution in [0.15, 0.2) is 71.3 Å². The lowest BCUT2D eigenvalue weighted by Gasteiger charge is -2.31. The second-order valence-corrected chi connectivity index (χ2v) is 9.79. The molecule has 0 radical (unpaired) electrons. The third-order valence-electron chi connectivity index (χ3n) is 5.22. The first-order valence-electron chi connectivity index (χ1n) is 10.5. The normalized spacial score (nSPS) is 17.1. The molecule has 2 aromatic rings. The van der Waals surface area contributed by atoms with Crippen LogP contribution in [0.2, 0.25) is 0 Å². The van der Waals surface area contributed by atoms with Crippen LogP contribution in [-0.4, -0.2) is 22.3 Å². The molecule has 0 fully saturated rings. The summed E-state index contributed by atoms with van der Waals surface area (Å²) in [6.45, 7) is 5.47. The molecule has 2 atom stereocenters. The van der Waals surface area contributed by atoms with E-state index in [-0.39, 0.29) is 18.4 Å². The van der Waals surface area contributed by atoms with Crippen molar-refractivity contribution in [2.75, 3.05) is 5.75 Å². The van der Waals surface area contributed by atoms with Crippen LogP contribution < -0.4 is 5.32 Å². The van der Waals surface area contributed by atoms with Gasteiger partial charge in [-0.05, 0) is 79.8 Å². The van der Waals surface area contributed by atoms with Crippen LogP contribution in [0.4, 0.5) is 8.78 Å². The molecule has 0 aliphatic heterocycles. The highest BCUT2D eigenvalue weighted by Crippen LogP contribution is 2.29. The van der Waals surface area contributed by atoms with E-state index in [0.717, 1.165) is 22.6 Å². The molecule has 1 aliphatic carbocycles. The van der Waals surface area contributed by atoms with Crippen molar-refractivity contribution < 1.29 is 22.9 Å². The van der Waals surface area contributed by atoms with Crippen LogP contribution in [-0.2, 0) is 32.7 Å². The molecule has 0 aromatic heterocycles. The van der Waals surface area contributed by atoms with Gasteiger partial charge >= 0.3 is 0 Å². The van der Waals surface area contributed by atoms with Gasteiger partial charge in [-0.15, -0.1) is 0 Å². The van der Waals surface area contributed by atoms with Gasteiger partial charge in [-0.2, -0.15) is 0 Å². The number of ether oxygens (including phenoxy) is 1. The van der Waals surface area contributed by atoms with E-state index in [1.807, 2.05) is 31.2 Å². The molecule has 32 heavy (non-hydrogen) atoms. The number of nitrogens with one attached hydrogen (secondary N) is 1. The first-order valence-corrected chi connectivity index (χ1v) is 11.8. The Kier molecular flexibility index (Phi) is 7.87. The van der Waals surface area contributed by atoms with Crippen molar-refractivity contribution >= 4 is 17.1 Å². The molecule has 1 amide bonds. The summed E-state index contributed by atoms with van der Waals surface area (Å²) in [5.74, 6) is -1.39. The van der Waals surface area contributed by atoms with Gasteiger partial charge in [0.1, 0.15) is 5.75 Å². The summed E-state index contributed by atoms with van der Waals surface area (Å²) in [4.78, 5) is 13.1. The van der Waals surface area contributed by atoms with E-state index in [4.69, 9.17) is 4.74 Å². The molecular weight excluding hydrogens is 432 g/mol. The van der Waals surface area contributed by atoms with Gasteiger partial charge in [-0.25, -0.2) is 8.78 Å². The van der Waals surface area contributed by atoms with Crippen LogP contribution >= 0.6 is 0 Å². The fraction of sp³-hybridized carbons (Fsp3) is 0.320. The molecule has 4 nitrogen and oxygen atoms in total. The van der Waals surface area contributed by atoms with Crippen molar-refractivity contribution in [3.63, 3.8) is 0 Å². The number of allylic oxidation sites excluding steroid dienone is 1. The third-order valence-corrected chi connectivity index (χ3v) is 6.54. The molecule has 1 N–H and O–H groups in total. The van der Waals surface area contributed by atoms with Gasteiger partial charge in [0.2, 0.25) is 5.91 Å². The molecule has 0 spiro atoms. The highest BCUT2D eigenvalue weighted by molar-refractivity contribution is 7.91. The summed E-state index contributed by atoms with van der Waals surface area (Å²) in [5.41, 5.74) is 1.26. The Labute approximate surface area is 190 Å². The van der Waals surface area contributed by atoms with Crippen molar-refractivity contribution in [1.29, 1.82) is 0 Å². The number of carbonyl (C=O) groups is 1. The Hall–Kier alpha value is -2.48. The average Bonchev–Trinajstić information content (AvgIpc) is 2.76. The van der Waals surface area contributed by atoms with Crippen molar-refractivity contribution in [3.8, 4) is 0 Å². The SMILES string of the molecule is CC[S+]([O-])c1ccc(CC(=O)NC2=CCC(OC(C)(C)c3ccc(F)c(F)c3)C=C2)cc1. The Balaban J connectivity index is 1.52. The third kappa shape index (κ3) is 6.28. The van der Waals surface area contributed by atoms with Crippen LogP contribution in [0.5, 0.6) is 0 Å². The van der Waals surface area contributed by atoms with Crippen molar-refractivity contribution in [3.05, 3.63) is 89.2 Å². The van der Waals surface area contributed by atoms with E-state index in [9.17, 15) is 18.1 Å². The maximum Gasteiger partial charge on any atom is 0.228 e. The first kappa shape index (κ1) is 24.2. The smallest absolute Gasteiger partial charge is 0.228 e. The summed E-state index contributed by atoms with van der Waals surface area (Å²) < 4.78 is 44.7. The first-order chi connectivity index (χ1) is 15.2. The molecule has 1 aliphatic rings. The molecule has 0 bridgehead atoms. The summed E-state index contributed by atoms with van der Waals surface area (Å²) in [5, 5.41) is 2.87. The highest BCUT2D eigenvalue weighted by atomic mass is 32.2. The van der Waals surface area contributed by atoms with E-state index < -0.39 is 28.4 Å². The number of benzene rings is 2. The summed E-state index contributed by atoms with van der Waals surface area (Å²) in [6.07, 6.45) is 5.99. The Morgan fingerprint density at radius 2 is 1.91 bits per heavy atom. The van der Waals surface area contributed by atoms with E-state index >= 15 is 0 Å². The molecule has 3 rings (SSSR count). The maximum absolute atomic E-state index is 13.6. The van der Waals surface area contributed by atoms with Gasteiger partial charge in [0.25, 0.3) is 0 Å². The minimum Gasteiger partial charge on any atom is -0.611 e. The van der Waals surface area contributed by atoms with Crippen LogP contribution in [0.25, 0.3) is 0 Å². The number of rotatable bonds is 8. The monoisotopic (exact) mass is 459 g/mol. The molecular formula is C25H27F2NO3S. The van der Waals surface area contributed by atoms with Gasteiger partial charge in [0.15, 0.2) is 16.5 Å². The van der Waals surface area contributed by atoms with E-state index in [1.54, 1.807) is 32.1 Å². The molecule has 2 unspecified atom stereocenters. The van der Waals surface area contributed by atoms with Gasteiger partial charge in [-0.3, -0.25) is 4.79 Å². The van der Waals surface area contributed by atoms with Crippen LogP contribution in [0, 0.1) is 11.6 Å². The predicted molar refractivity (Wildman–Crippen MR) is 121 cm³/mol. The lowest BCUT2D eigenvalue weighted by Crippen LogP contribution is -2.30. The molecule has 170 valence electrons. The zero-order valence-electron chi connectivity index (χ0n) is 18.4. The zero-order valence-corrected chi connectivity index (χ0v) is 19.2. The number of carbonyl (C=O) groups excluding carboxylic acids is 1. The molecule has 2 aromatic carbocycles. The van der Waals surface area contributed by atoms with Gasteiger partial charge < -0.3 is 14.6 Å². The van der Waals surface area contributed by atoms with Gasteiger partial charge in [0.05, 0.1) is 18.1 Å². The van der Waals surface area contributed by atoms with Crippen molar-refractivity contribution in [1.82, 2.24) is 5.32 Å². The summed E-state index contributed by atoms with van der Waals surface area (Å²) in [7, 11) is 0. The van der Waals surface area contributed by atoms with Gasteiger partial charge in [0, 0.05) is 5.70 Å². The lowest BCUT2D eigenvalue weighted by molar-refractivity contribution is -0.119. The van der Waals surface area contributed by atoms with E-state index in [1.165, 1.54) is 6.07 Å². The molecule has 7 heteroatoms. The molecule has 0 heterocycles. The quantitative estimate of drug-likeness (QED) is 0.571. The number of hydrogen-bond donors (Lipinski definition) is 1. The van der Waals surface area contributed by atoms with E-state index in [0.29, 0.717) is 23.4 Å². The predicted octanol–water partition coefficient (Wildman–Crippen LogP) is 4.92. The summed E-state index contributed by atoms with van der Waals surface area (Å²) in [6, 6.07) is 11.0. The summed E-state index contributed by atoms with van der Waals surface area (Å²) >= 11 is -1.01. The number of hydrogen-bond acceptors (Lipinski definition) is 3. The Morgan fingerprint density at radius 1 is 1.19 bits per heavy atom. The largest absolute Gasteiger partial charge is 0.611 e. The minimum atomic E-state index is -1.01. The molecule has 0 saturated carbocycles. The van der Waals surface area contributed by atoms with Gasteiger partial charge in [-0.1, -0.05) is 30.4 Å². The second kappa shape index (κ2) is 10.4. The van der Waals surface area contributed by atoms with Crippen LogP contribution in [0.1, 0.15) is 38.3 Å². The van der Waals surface area contributed by atoms with E-state index in [2.05, 4.69) is 5.32 Å². The topological polar surface area (TPSA) is 61.4 Å². The fourth-order valence-electron chi connectivity index (χ4n) is 3.41. The minimum absolute atomic E-state index is 0.147. The Morgan fingerprint density at radius 3 is 2.50 bits per heavy atom.